The number of hydrogen-bond donors (Lipinski definition) is 1. The lowest BCUT2D eigenvalue weighted by Crippen LogP contribution is -2.45. The predicted molar refractivity (Wildman–Crippen MR) is 73.2 cm³/mol. The first-order valence-corrected chi connectivity index (χ1v) is 6.96. The Labute approximate surface area is 118 Å². The van der Waals surface area contributed by atoms with Crippen LogP contribution in [0.2, 0.25) is 0 Å². The number of benzene rings is 1. The van der Waals surface area contributed by atoms with Crippen molar-refractivity contribution in [2.45, 2.75) is 25.4 Å². The van der Waals surface area contributed by atoms with Gasteiger partial charge in [-0.05, 0) is 38.0 Å². The van der Waals surface area contributed by atoms with Gasteiger partial charge in [-0.15, -0.1) is 0 Å². The number of likely N-dealkylation sites (tertiary alicyclic amines) is 1. The fraction of sp³-hybridized carbons (Fsp3) is 0.533. The number of hydrogen-bond acceptors (Lipinski definition) is 4. The standard InChI is InChI=1S/C15H19NO4/c1-15(18)4-6-16(7-5-15)14(17)11-2-3-12-13(10-11)20-9-8-19-12/h2-3,10,18H,4-9H2,1H3. The van der Waals surface area contributed by atoms with E-state index < -0.39 is 5.60 Å². The van der Waals surface area contributed by atoms with E-state index in [1.54, 1.807) is 23.1 Å². The van der Waals surface area contributed by atoms with E-state index in [0.29, 0.717) is 56.2 Å². The van der Waals surface area contributed by atoms with E-state index >= 15 is 0 Å². The van der Waals surface area contributed by atoms with Crippen molar-refractivity contribution < 1.29 is 19.4 Å². The van der Waals surface area contributed by atoms with Gasteiger partial charge < -0.3 is 19.5 Å². The maximum atomic E-state index is 12.4. The van der Waals surface area contributed by atoms with Crippen LogP contribution in [0.5, 0.6) is 11.5 Å². The fourth-order valence-corrected chi connectivity index (χ4v) is 2.55. The number of rotatable bonds is 1. The van der Waals surface area contributed by atoms with Crippen molar-refractivity contribution in [2.75, 3.05) is 26.3 Å². The van der Waals surface area contributed by atoms with Gasteiger partial charge in [0.25, 0.3) is 5.91 Å². The third-order valence-corrected chi connectivity index (χ3v) is 3.92. The number of nitrogens with zero attached hydrogens (tertiary/aromatic N) is 1. The van der Waals surface area contributed by atoms with Crippen LogP contribution >= 0.6 is 0 Å². The van der Waals surface area contributed by atoms with Crippen LogP contribution in [0.3, 0.4) is 0 Å². The number of fused-ring (bicyclic) bond motifs is 1. The third-order valence-electron chi connectivity index (χ3n) is 3.92. The first-order valence-electron chi connectivity index (χ1n) is 6.96. The van der Waals surface area contributed by atoms with E-state index in [2.05, 4.69) is 0 Å². The molecule has 2 aliphatic rings. The summed E-state index contributed by atoms with van der Waals surface area (Å²) in [6.07, 6.45) is 1.23. The Kier molecular flexibility index (Phi) is 3.30. The molecule has 1 fully saturated rings. The molecule has 1 amide bonds. The van der Waals surface area contributed by atoms with E-state index in [1.807, 2.05) is 6.92 Å². The molecule has 0 aromatic heterocycles. The minimum absolute atomic E-state index is 0.0162. The van der Waals surface area contributed by atoms with Crippen LogP contribution < -0.4 is 9.47 Å². The van der Waals surface area contributed by atoms with Gasteiger partial charge in [-0.25, -0.2) is 0 Å². The van der Waals surface area contributed by atoms with E-state index in [1.165, 1.54) is 0 Å². The van der Waals surface area contributed by atoms with E-state index in [-0.39, 0.29) is 5.91 Å². The summed E-state index contributed by atoms with van der Waals surface area (Å²) < 4.78 is 10.9. The zero-order chi connectivity index (χ0) is 14.2. The lowest BCUT2D eigenvalue weighted by molar-refractivity contribution is -0.00204. The van der Waals surface area contributed by atoms with Crippen LogP contribution in [0.15, 0.2) is 18.2 Å². The quantitative estimate of drug-likeness (QED) is 0.844. The molecule has 0 saturated carbocycles. The summed E-state index contributed by atoms with van der Waals surface area (Å²) in [6.45, 7) is 4.04. The van der Waals surface area contributed by atoms with Gasteiger partial charge in [0.15, 0.2) is 11.5 Å². The molecule has 108 valence electrons. The van der Waals surface area contributed by atoms with Gasteiger partial charge in [0.2, 0.25) is 0 Å². The second kappa shape index (κ2) is 4.98. The molecule has 0 unspecified atom stereocenters. The van der Waals surface area contributed by atoms with E-state index in [0.717, 1.165) is 0 Å². The average molecular weight is 277 g/mol. The number of aliphatic hydroxyl groups is 1. The van der Waals surface area contributed by atoms with Crippen molar-refractivity contribution in [3.8, 4) is 11.5 Å². The van der Waals surface area contributed by atoms with Crippen LogP contribution in [0.1, 0.15) is 30.1 Å². The Morgan fingerprint density at radius 1 is 1.20 bits per heavy atom. The van der Waals surface area contributed by atoms with Crippen LogP contribution in [0.4, 0.5) is 0 Å². The monoisotopic (exact) mass is 277 g/mol. The summed E-state index contributed by atoms with van der Waals surface area (Å²) >= 11 is 0. The Bertz CT molecular complexity index is 517. The van der Waals surface area contributed by atoms with Crippen LogP contribution in [0, 0.1) is 0 Å². The molecule has 0 aliphatic carbocycles. The predicted octanol–water partition coefficient (Wildman–Crippen LogP) is 1.44. The van der Waals surface area contributed by atoms with Crippen molar-refractivity contribution in [3.05, 3.63) is 23.8 Å². The molecule has 1 aromatic rings. The first kappa shape index (κ1) is 13.2. The summed E-state index contributed by atoms with van der Waals surface area (Å²) in [5.41, 5.74) is -0.0420. The molecule has 2 heterocycles. The molecule has 5 heteroatoms. The lowest BCUT2D eigenvalue weighted by Gasteiger charge is -2.35. The molecule has 0 atom stereocenters. The highest BCUT2D eigenvalue weighted by Gasteiger charge is 2.30. The molecule has 1 aromatic carbocycles. The van der Waals surface area contributed by atoms with Crippen molar-refractivity contribution in [3.63, 3.8) is 0 Å². The number of piperidine rings is 1. The molecule has 1 saturated heterocycles. The maximum absolute atomic E-state index is 12.4. The summed E-state index contributed by atoms with van der Waals surface area (Å²) in [6, 6.07) is 5.29. The third kappa shape index (κ3) is 2.58. The van der Waals surface area contributed by atoms with Crippen LogP contribution in [-0.4, -0.2) is 47.8 Å². The van der Waals surface area contributed by atoms with Crippen molar-refractivity contribution in [2.24, 2.45) is 0 Å². The molecule has 0 spiro atoms. The smallest absolute Gasteiger partial charge is 0.253 e. The van der Waals surface area contributed by atoms with Crippen LogP contribution in [0.25, 0.3) is 0 Å². The highest BCUT2D eigenvalue weighted by molar-refractivity contribution is 5.95. The maximum Gasteiger partial charge on any atom is 0.253 e. The summed E-state index contributed by atoms with van der Waals surface area (Å²) in [5, 5.41) is 9.93. The molecule has 0 radical (unpaired) electrons. The largest absolute Gasteiger partial charge is 0.486 e. The van der Waals surface area contributed by atoms with E-state index in [9.17, 15) is 9.90 Å². The SMILES string of the molecule is CC1(O)CCN(C(=O)c2ccc3c(c2)OCCO3)CC1. The average Bonchev–Trinajstić information content (AvgIpc) is 2.46. The van der Waals surface area contributed by atoms with E-state index in [4.69, 9.17) is 9.47 Å². The Morgan fingerprint density at radius 2 is 1.85 bits per heavy atom. The van der Waals surface area contributed by atoms with Gasteiger partial charge in [-0.1, -0.05) is 0 Å². The van der Waals surface area contributed by atoms with Gasteiger partial charge in [0.1, 0.15) is 13.2 Å². The number of carbonyl (C=O) groups excluding carboxylic acids is 1. The second-order valence-corrected chi connectivity index (χ2v) is 5.65. The van der Waals surface area contributed by atoms with Gasteiger partial charge in [0, 0.05) is 18.7 Å². The van der Waals surface area contributed by atoms with Crippen molar-refractivity contribution in [1.82, 2.24) is 4.90 Å². The summed E-state index contributed by atoms with van der Waals surface area (Å²) in [7, 11) is 0. The van der Waals surface area contributed by atoms with Crippen molar-refractivity contribution >= 4 is 5.91 Å². The molecule has 3 rings (SSSR count). The Hall–Kier alpha value is -1.75. The highest BCUT2D eigenvalue weighted by Crippen LogP contribution is 2.31. The molecule has 20 heavy (non-hydrogen) atoms. The zero-order valence-corrected chi connectivity index (χ0v) is 11.6. The molecular formula is C15H19NO4. The molecular weight excluding hydrogens is 258 g/mol. The van der Waals surface area contributed by atoms with Gasteiger partial charge in [-0.3, -0.25) is 4.79 Å². The Morgan fingerprint density at radius 3 is 2.55 bits per heavy atom. The van der Waals surface area contributed by atoms with Crippen LogP contribution in [-0.2, 0) is 0 Å². The molecule has 1 N–H and O–H groups in total. The van der Waals surface area contributed by atoms with Gasteiger partial charge in [-0.2, -0.15) is 0 Å². The van der Waals surface area contributed by atoms with Gasteiger partial charge in [0.05, 0.1) is 5.60 Å². The lowest BCUT2D eigenvalue weighted by atomic mass is 9.93. The number of ether oxygens (including phenoxy) is 2. The fourth-order valence-electron chi connectivity index (χ4n) is 2.55. The minimum atomic E-state index is -0.649. The number of carbonyl (C=O) groups is 1. The zero-order valence-electron chi connectivity index (χ0n) is 11.6. The molecule has 5 nitrogen and oxygen atoms in total. The highest BCUT2D eigenvalue weighted by atomic mass is 16.6. The van der Waals surface area contributed by atoms with Gasteiger partial charge >= 0.3 is 0 Å². The second-order valence-electron chi connectivity index (χ2n) is 5.65. The normalized spacial score (nSPS) is 20.6. The Balaban J connectivity index is 1.74. The summed E-state index contributed by atoms with van der Waals surface area (Å²) in [5.74, 6) is 1.30. The van der Waals surface area contributed by atoms with Crippen molar-refractivity contribution in [1.29, 1.82) is 0 Å². The minimum Gasteiger partial charge on any atom is -0.486 e. The first-order chi connectivity index (χ1) is 9.55. The summed E-state index contributed by atoms with van der Waals surface area (Å²) in [4.78, 5) is 14.2. The molecule has 2 aliphatic heterocycles. The number of amides is 1. The molecule has 0 bridgehead atoms. The topological polar surface area (TPSA) is 59.0 Å².